The zero-order chi connectivity index (χ0) is 19.9. The van der Waals surface area contributed by atoms with Gasteiger partial charge in [-0.1, -0.05) is 0 Å². The Bertz CT molecular complexity index is 648. The maximum atomic E-state index is 13.9. The number of nitrogens with two attached hydrogens (primary N) is 1. The van der Waals surface area contributed by atoms with Crippen molar-refractivity contribution in [2.24, 2.45) is 5.73 Å². The Labute approximate surface area is 150 Å². The zero-order valence-corrected chi connectivity index (χ0v) is 15.0. The van der Waals surface area contributed by atoms with E-state index in [9.17, 15) is 22.8 Å². The topological polar surface area (TPSA) is 93.4 Å². The van der Waals surface area contributed by atoms with Gasteiger partial charge in [0.05, 0.1) is 0 Å². The molecule has 1 aromatic carbocycles. The summed E-state index contributed by atoms with van der Waals surface area (Å²) in [5, 5.41) is 4.98. The lowest BCUT2D eigenvalue weighted by Gasteiger charge is -2.23. The van der Waals surface area contributed by atoms with Crippen LogP contribution in [0, 0.1) is 17.5 Å². The first-order chi connectivity index (χ1) is 12.0. The summed E-state index contributed by atoms with van der Waals surface area (Å²) in [7, 11) is 0. The standard InChI is InChI=1S/C17H24F3N3O3/c1-17(2,3)26-16(25)23-11(8-15(24)22-5-4-21)6-10-7-13(19)14(20)9-12(10)18/h7,9,11H,4-6,8,21H2,1-3H3,(H,22,24)(H,23,25)/t11-/m1/s1. The molecule has 0 spiro atoms. The minimum atomic E-state index is -1.32. The van der Waals surface area contributed by atoms with Gasteiger partial charge in [-0.15, -0.1) is 0 Å². The summed E-state index contributed by atoms with van der Waals surface area (Å²) in [6.45, 7) is 5.44. The second-order valence-corrected chi connectivity index (χ2v) is 6.75. The van der Waals surface area contributed by atoms with Gasteiger partial charge in [0, 0.05) is 31.6 Å². The molecule has 1 aromatic rings. The highest BCUT2D eigenvalue weighted by atomic mass is 19.2. The van der Waals surface area contributed by atoms with Crippen LogP contribution in [0.5, 0.6) is 0 Å². The lowest BCUT2D eigenvalue weighted by atomic mass is 10.0. The van der Waals surface area contributed by atoms with Crippen LogP contribution < -0.4 is 16.4 Å². The number of alkyl carbamates (subject to hydrolysis) is 1. The van der Waals surface area contributed by atoms with Crippen LogP contribution in [0.1, 0.15) is 32.8 Å². The van der Waals surface area contributed by atoms with Gasteiger partial charge in [0.15, 0.2) is 11.6 Å². The van der Waals surface area contributed by atoms with Crippen molar-refractivity contribution in [1.29, 1.82) is 0 Å². The minimum Gasteiger partial charge on any atom is -0.444 e. The second-order valence-electron chi connectivity index (χ2n) is 6.75. The highest BCUT2D eigenvalue weighted by Gasteiger charge is 2.23. The van der Waals surface area contributed by atoms with Gasteiger partial charge in [-0.25, -0.2) is 18.0 Å². The molecule has 0 radical (unpaired) electrons. The molecule has 6 nitrogen and oxygen atoms in total. The van der Waals surface area contributed by atoms with Gasteiger partial charge in [0.1, 0.15) is 11.4 Å². The maximum Gasteiger partial charge on any atom is 0.407 e. The normalized spacial score (nSPS) is 12.4. The highest BCUT2D eigenvalue weighted by molar-refractivity contribution is 5.77. The molecule has 4 N–H and O–H groups in total. The van der Waals surface area contributed by atoms with Crippen molar-refractivity contribution in [2.75, 3.05) is 13.1 Å². The molecule has 0 unspecified atom stereocenters. The maximum absolute atomic E-state index is 13.9. The summed E-state index contributed by atoms with van der Waals surface area (Å²) >= 11 is 0. The minimum absolute atomic E-state index is 0.170. The molecule has 9 heteroatoms. The van der Waals surface area contributed by atoms with Crippen LogP contribution in [-0.2, 0) is 16.0 Å². The second kappa shape index (κ2) is 9.42. The summed E-state index contributed by atoms with van der Waals surface area (Å²) in [5.74, 6) is -3.93. The lowest BCUT2D eigenvalue weighted by molar-refractivity contribution is -0.121. The molecule has 0 saturated carbocycles. The van der Waals surface area contributed by atoms with E-state index in [4.69, 9.17) is 10.5 Å². The van der Waals surface area contributed by atoms with E-state index in [1.54, 1.807) is 20.8 Å². The van der Waals surface area contributed by atoms with Gasteiger partial charge in [-0.05, 0) is 38.8 Å². The molecule has 0 aliphatic heterocycles. The van der Waals surface area contributed by atoms with Crippen molar-refractivity contribution in [3.8, 4) is 0 Å². The number of carbonyl (C=O) groups is 2. The molecule has 0 aliphatic rings. The van der Waals surface area contributed by atoms with E-state index >= 15 is 0 Å². The highest BCUT2D eigenvalue weighted by Crippen LogP contribution is 2.17. The van der Waals surface area contributed by atoms with Crippen molar-refractivity contribution < 1.29 is 27.5 Å². The molecular weight excluding hydrogens is 351 g/mol. The monoisotopic (exact) mass is 375 g/mol. The van der Waals surface area contributed by atoms with Crippen LogP contribution in [0.2, 0.25) is 0 Å². The average molecular weight is 375 g/mol. The summed E-state index contributed by atoms with van der Waals surface area (Å²) in [5.41, 5.74) is 4.36. The van der Waals surface area contributed by atoms with Crippen molar-refractivity contribution in [3.05, 3.63) is 35.1 Å². The van der Waals surface area contributed by atoms with E-state index in [0.717, 1.165) is 0 Å². The van der Waals surface area contributed by atoms with E-state index in [2.05, 4.69) is 10.6 Å². The summed E-state index contributed by atoms with van der Waals surface area (Å²) in [6.07, 6.45) is -1.24. The molecule has 2 amide bonds. The van der Waals surface area contributed by atoms with Gasteiger partial charge in [-0.3, -0.25) is 4.79 Å². The van der Waals surface area contributed by atoms with Crippen LogP contribution >= 0.6 is 0 Å². The summed E-state index contributed by atoms with van der Waals surface area (Å²) in [6, 6.07) is 0.234. The summed E-state index contributed by atoms with van der Waals surface area (Å²) in [4.78, 5) is 23.8. The number of ether oxygens (including phenoxy) is 1. The number of halogens is 3. The van der Waals surface area contributed by atoms with Crippen molar-refractivity contribution in [3.63, 3.8) is 0 Å². The Morgan fingerprint density at radius 3 is 2.35 bits per heavy atom. The first-order valence-corrected chi connectivity index (χ1v) is 8.11. The number of hydrogen-bond acceptors (Lipinski definition) is 4. The SMILES string of the molecule is CC(C)(C)OC(=O)N[C@@H](CC(=O)NCCN)Cc1cc(F)c(F)cc1F. The number of nitrogens with one attached hydrogen (secondary N) is 2. The third kappa shape index (κ3) is 7.73. The van der Waals surface area contributed by atoms with Gasteiger partial charge < -0.3 is 21.1 Å². The fraction of sp³-hybridized carbons (Fsp3) is 0.529. The van der Waals surface area contributed by atoms with Gasteiger partial charge in [0.2, 0.25) is 5.91 Å². The molecule has 0 aromatic heterocycles. The van der Waals surface area contributed by atoms with Crippen LogP contribution in [-0.4, -0.2) is 36.7 Å². The van der Waals surface area contributed by atoms with Crippen LogP contribution in [0.4, 0.5) is 18.0 Å². The molecule has 146 valence electrons. The molecule has 0 heterocycles. The fourth-order valence-corrected chi connectivity index (χ4v) is 2.14. The van der Waals surface area contributed by atoms with Gasteiger partial charge >= 0.3 is 6.09 Å². The third-order valence-electron chi connectivity index (χ3n) is 3.17. The Hall–Kier alpha value is -2.29. The number of amides is 2. The van der Waals surface area contributed by atoms with Gasteiger partial charge in [0.25, 0.3) is 0 Å². The number of benzene rings is 1. The molecule has 1 atom stereocenters. The van der Waals surface area contributed by atoms with Crippen LogP contribution in [0.15, 0.2) is 12.1 Å². The van der Waals surface area contributed by atoms with E-state index < -0.39 is 41.1 Å². The fourth-order valence-electron chi connectivity index (χ4n) is 2.14. The van der Waals surface area contributed by atoms with Crippen molar-refractivity contribution in [1.82, 2.24) is 10.6 Å². The lowest BCUT2D eigenvalue weighted by Crippen LogP contribution is -2.43. The predicted octanol–water partition coefficient (Wildman–Crippen LogP) is 2.00. The summed E-state index contributed by atoms with van der Waals surface area (Å²) < 4.78 is 45.4. The van der Waals surface area contributed by atoms with E-state index in [-0.39, 0.29) is 31.5 Å². The molecule has 26 heavy (non-hydrogen) atoms. The van der Waals surface area contributed by atoms with E-state index in [0.29, 0.717) is 12.1 Å². The van der Waals surface area contributed by atoms with Gasteiger partial charge in [-0.2, -0.15) is 0 Å². The molecule has 0 fully saturated rings. The largest absolute Gasteiger partial charge is 0.444 e. The van der Waals surface area contributed by atoms with E-state index in [1.807, 2.05) is 0 Å². The predicted molar refractivity (Wildman–Crippen MR) is 89.9 cm³/mol. The first-order valence-electron chi connectivity index (χ1n) is 8.11. The molecular formula is C17H24F3N3O3. The zero-order valence-electron chi connectivity index (χ0n) is 15.0. The Morgan fingerprint density at radius 2 is 1.77 bits per heavy atom. The first kappa shape index (κ1) is 21.8. The van der Waals surface area contributed by atoms with Crippen molar-refractivity contribution in [2.45, 2.75) is 45.3 Å². The molecule has 0 aliphatic carbocycles. The number of rotatable bonds is 7. The van der Waals surface area contributed by atoms with Crippen molar-refractivity contribution >= 4 is 12.0 Å². The molecule has 0 bridgehead atoms. The molecule has 0 saturated heterocycles. The Balaban J connectivity index is 2.91. The quantitative estimate of drug-likeness (QED) is 0.636. The number of hydrogen-bond donors (Lipinski definition) is 3. The van der Waals surface area contributed by atoms with Crippen LogP contribution in [0.3, 0.4) is 0 Å². The Kier molecular flexibility index (Phi) is 7.88. The Morgan fingerprint density at radius 1 is 1.15 bits per heavy atom. The van der Waals surface area contributed by atoms with Crippen LogP contribution in [0.25, 0.3) is 0 Å². The molecule has 1 rings (SSSR count). The van der Waals surface area contributed by atoms with E-state index in [1.165, 1.54) is 0 Å². The smallest absolute Gasteiger partial charge is 0.407 e. The number of carbonyl (C=O) groups excluding carboxylic acids is 2. The third-order valence-corrected chi connectivity index (χ3v) is 3.17. The average Bonchev–Trinajstić information content (AvgIpc) is 2.48.